The van der Waals surface area contributed by atoms with Crippen LogP contribution in [0.2, 0.25) is 9.26 Å². The van der Waals surface area contributed by atoms with Gasteiger partial charge in [0, 0.05) is 0 Å². The Bertz CT molecular complexity index is 1610. The van der Waals surface area contributed by atoms with Gasteiger partial charge in [-0.25, -0.2) is 0 Å². The van der Waals surface area contributed by atoms with Gasteiger partial charge in [-0.1, -0.05) is 0 Å². The van der Waals surface area contributed by atoms with Crippen molar-refractivity contribution in [2.24, 2.45) is 0 Å². The van der Waals surface area contributed by atoms with Crippen molar-refractivity contribution in [1.29, 1.82) is 0 Å². The average Bonchev–Trinajstić information content (AvgIpc) is 3.47. The molecule has 3 aromatic rings. The zero-order chi connectivity index (χ0) is 25.8. The molecule has 5 heteroatoms. The van der Waals surface area contributed by atoms with Crippen molar-refractivity contribution in [3.05, 3.63) is 145 Å². The first kappa shape index (κ1) is 29.8. The van der Waals surface area contributed by atoms with E-state index in [1.54, 1.807) is 10.4 Å². The van der Waals surface area contributed by atoms with Gasteiger partial charge in [0.15, 0.2) is 0 Å². The predicted octanol–water partition coefficient (Wildman–Crippen LogP) is 8.62. The number of rotatable bonds is 5. The van der Waals surface area contributed by atoms with Crippen LogP contribution in [0.5, 0.6) is 5.75 Å². The van der Waals surface area contributed by atoms with Gasteiger partial charge in [0.25, 0.3) is 0 Å². The van der Waals surface area contributed by atoms with E-state index in [9.17, 15) is 0 Å². The van der Waals surface area contributed by atoms with Gasteiger partial charge in [-0.15, -0.1) is 24.8 Å². The van der Waals surface area contributed by atoms with E-state index in [2.05, 4.69) is 132 Å². The van der Waals surface area contributed by atoms with E-state index in [1.165, 1.54) is 44.5 Å². The number of benzene rings is 3. The quantitative estimate of drug-likeness (QED) is 0.252. The van der Waals surface area contributed by atoms with E-state index in [0.717, 1.165) is 5.75 Å². The monoisotopic (exact) mass is 647 g/mol. The molecule has 199 valence electrons. The molecular formula is C34H35Cl2OSiZr. The topological polar surface area (TPSA) is 9.23 Å². The molecule has 3 aliphatic rings. The second-order valence-electron chi connectivity index (χ2n) is 11.1. The molecule has 6 rings (SSSR count). The second kappa shape index (κ2) is 11.4. The van der Waals surface area contributed by atoms with Gasteiger partial charge in [-0.2, -0.15) is 0 Å². The molecule has 0 aliphatic heterocycles. The molecule has 0 radical (unpaired) electrons. The Balaban J connectivity index is 0.00000176. The summed E-state index contributed by atoms with van der Waals surface area (Å²) in [4.78, 5) is 0. The Labute approximate surface area is 251 Å². The van der Waals surface area contributed by atoms with Crippen LogP contribution in [-0.4, -0.2) is 14.0 Å². The molecule has 0 spiro atoms. The molecule has 0 bridgehead atoms. The van der Waals surface area contributed by atoms with E-state index in [-0.39, 0.29) is 36.1 Å². The zero-order valence-electron chi connectivity index (χ0n) is 22.9. The molecule has 1 nitrogen and oxygen atoms in total. The Morgan fingerprint density at radius 1 is 0.846 bits per heavy atom. The fourth-order valence-electron chi connectivity index (χ4n) is 6.74. The Morgan fingerprint density at radius 3 is 2.18 bits per heavy atom. The summed E-state index contributed by atoms with van der Waals surface area (Å²) >= 11 is -2.37. The second-order valence-corrected chi connectivity index (χ2v) is 32.0. The summed E-state index contributed by atoms with van der Waals surface area (Å²) in [5, 5.41) is 0. The number of hydrogen-bond donors (Lipinski definition) is 0. The van der Waals surface area contributed by atoms with Crippen molar-refractivity contribution >= 4 is 43.3 Å². The first-order chi connectivity index (χ1) is 17.8. The fourth-order valence-corrected chi connectivity index (χ4v) is 14.7. The van der Waals surface area contributed by atoms with Crippen LogP contribution in [-0.2, 0) is 24.3 Å². The summed E-state index contributed by atoms with van der Waals surface area (Å²) in [6.45, 7) is 4.64. The molecule has 2 atom stereocenters. The third kappa shape index (κ3) is 4.87. The number of halogens is 2. The minimum Gasteiger partial charge on any atom is -0.147 e. The van der Waals surface area contributed by atoms with Gasteiger partial charge < -0.3 is 0 Å². The maximum absolute atomic E-state index is 5.49. The summed E-state index contributed by atoms with van der Waals surface area (Å²) in [6.07, 6.45) is 12.2. The molecular weight excluding hydrogens is 615 g/mol. The number of methoxy groups -OCH3 is 1. The van der Waals surface area contributed by atoms with E-state index in [1.807, 2.05) is 0 Å². The van der Waals surface area contributed by atoms with Crippen molar-refractivity contribution in [2.75, 3.05) is 7.11 Å². The molecule has 2 unspecified atom stereocenters. The number of allylic oxidation sites excluding steroid dienone is 9. The van der Waals surface area contributed by atoms with Crippen molar-refractivity contribution < 1.29 is 23.6 Å². The summed E-state index contributed by atoms with van der Waals surface area (Å²) < 4.78 is 12.3. The van der Waals surface area contributed by atoms with Gasteiger partial charge >= 0.3 is 228 Å². The summed E-state index contributed by atoms with van der Waals surface area (Å²) in [5.74, 6) is 1.05. The third-order valence-corrected chi connectivity index (χ3v) is 15.2. The molecule has 39 heavy (non-hydrogen) atoms. The van der Waals surface area contributed by atoms with Crippen LogP contribution in [0.25, 0.3) is 11.6 Å². The molecule has 0 amide bonds. The van der Waals surface area contributed by atoms with Gasteiger partial charge in [0.1, 0.15) is 0 Å². The third-order valence-electron chi connectivity index (χ3n) is 8.12. The van der Waals surface area contributed by atoms with Gasteiger partial charge in [0.05, 0.1) is 0 Å². The summed E-state index contributed by atoms with van der Waals surface area (Å²) in [7, 11) is 1.73. The Morgan fingerprint density at radius 2 is 1.51 bits per heavy atom. The van der Waals surface area contributed by atoms with Crippen LogP contribution < -0.4 is 4.74 Å². The van der Waals surface area contributed by atoms with Gasteiger partial charge in [-0.3, -0.25) is 0 Å². The van der Waals surface area contributed by atoms with Crippen LogP contribution in [0.4, 0.5) is 0 Å². The van der Waals surface area contributed by atoms with E-state index in [4.69, 9.17) is 4.74 Å². The van der Waals surface area contributed by atoms with Gasteiger partial charge in [0.2, 0.25) is 0 Å². The summed E-state index contributed by atoms with van der Waals surface area (Å²) in [6, 6.07) is 28.8. The zero-order valence-corrected chi connectivity index (χ0v) is 28.4. The molecule has 0 saturated heterocycles. The van der Waals surface area contributed by atoms with E-state index >= 15 is 0 Å². The molecule has 0 heterocycles. The molecule has 0 aromatic heterocycles. The van der Waals surface area contributed by atoms with Crippen LogP contribution in [0.15, 0.2) is 123 Å². The molecule has 0 fully saturated rings. The van der Waals surface area contributed by atoms with Crippen molar-refractivity contribution in [3.8, 4) is 5.75 Å². The molecule has 3 aliphatic carbocycles. The maximum Gasteiger partial charge on any atom is -0.147 e. The summed E-state index contributed by atoms with van der Waals surface area (Å²) in [5.41, 5.74) is 10.8. The van der Waals surface area contributed by atoms with E-state index < -0.39 is 18.9 Å². The normalized spacial score (nSPS) is 21.1. The predicted molar refractivity (Wildman–Crippen MR) is 171 cm³/mol. The largest absolute Gasteiger partial charge is 0.147 e. The molecule has 0 N–H and O–H groups in total. The first-order valence-electron chi connectivity index (χ1n) is 13.0. The first-order valence-corrected chi connectivity index (χ1v) is 25.1. The fraction of sp³-hybridized carbons (Fsp3) is 0.176. The average molecular weight is 650 g/mol. The standard InChI is InChI=1S/C32H25O.2CH3.2ClH.H2Si.Zr/c1-22-19-25-10-8-18-32(30(25)20-22,26-11-4-3-5-12-26)31-28-13-7-6-9-24(28)21-29(31)23-14-16-27(33-2)17-15-23;;;;;;/h3-18,20-21,31H,1-2H3;2*1H3;2*1H;1H2;. The van der Waals surface area contributed by atoms with Crippen LogP contribution >= 0.6 is 24.8 Å². The Kier molecular flexibility index (Phi) is 8.70. The molecule has 3 aromatic carbocycles. The van der Waals surface area contributed by atoms with E-state index in [0.29, 0.717) is 0 Å². The number of fused-ring (bicyclic) bond motifs is 2. The van der Waals surface area contributed by atoms with Crippen LogP contribution in [0, 0.1) is 0 Å². The Hall–Kier alpha value is -2.16. The van der Waals surface area contributed by atoms with Crippen LogP contribution in [0.3, 0.4) is 0 Å². The SMILES string of the molecule is COc1ccc(C2=Cc3ccccc3C2C2(c3ccccc3)C=CC=C3C2=CC(C)=[C]3[Zr]([CH3])([CH3])=[SiH2])cc1.Cl.Cl. The number of hydrogen-bond acceptors (Lipinski definition) is 1. The number of ether oxygens (including phenoxy) is 1. The van der Waals surface area contributed by atoms with Crippen molar-refractivity contribution in [2.45, 2.75) is 27.5 Å². The van der Waals surface area contributed by atoms with Crippen molar-refractivity contribution in [3.63, 3.8) is 0 Å². The smallest absolute Gasteiger partial charge is 0.147 e. The van der Waals surface area contributed by atoms with Crippen molar-refractivity contribution in [1.82, 2.24) is 0 Å². The minimum absolute atomic E-state index is 0. The minimum atomic E-state index is -2.37. The molecule has 0 saturated carbocycles. The maximum atomic E-state index is 5.49. The van der Waals surface area contributed by atoms with Crippen LogP contribution in [0.1, 0.15) is 35.1 Å². The van der Waals surface area contributed by atoms with Gasteiger partial charge in [-0.05, 0) is 0 Å².